The number of sulfonamides is 1. The first-order valence-corrected chi connectivity index (χ1v) is 9.66. The number of aryl methyl sites for hydroxylation is 1. The molecule has 1 N–H and O–H groups in total. The molecule has 1 amide bonds. The fraction of sp³-hybridized carbons (Fsp3) is 0.167. The lowest BCUT2D eigenvalue weighted by atomic mass is 10.1. The number of carbonyl (C=O) groups is 1. The SMILES string of the molecule is Cc1cn(-c2cccc(C(F)(F)F)c2)c2ccc(C(=O)NS(C)(=O)=O)cc12. The van der Waals surface area contributed by atoms with Gasteiger partial charge in [-0.15, -0.1) is 0 Å². The van der Waals surface area contributed by atoms with Crippen LogP contribution in [0.1, 0.15) is 21.5 Å². The average molecular weight is 396 g/mol. The van der Waals surface area contributed by atoms with E-state index in [0.29, 0.717) is 16.6 Å². The Morgan fingerprint density at radius 3 is 2.44 bits per heavy atom. The van der Waals surface area contributed by atoms with Gasteiger partial charge in [-0.25, -0.2) is 13.1 Å². The highest BCUT2D eigenvalue weighted by molar-refractivity contribution is 7.89. The molecule has 9 heteroatoms. The number of halogens is 3. The van der Waals surface area contributed by atoms with E-state index in [9.17, 15) is 26.4 Å². The molecule has 0 aliphatic rings. The minimum atomic E-state index is -4.45. The molecule has 1 aromatic heterocycles. The van der Waals surface area contributed by atoms with Crippen LogP contribution in [-0.2, 0) is 16.2 Å². The van der Waals surface area contributed by atoms with E-state index in [4.69, 9.17) is 0 Å². The number of hydrogen-bond acceptors (Lipinski definition) is 3. The summed E-state index contributed by atoms with van der Waals surface area (Å²) in [6.45, 7) is 1.75. The Bertz CT molecular complexity index is 1150. The smallest absolute Gasteiger partial charge is 0.316 e. The normalized spacial score (nSPS) is 12.3. The summed E-state index contributed by atoms with van der Waals surface area (Å²) < 4.78 is 64.8. The molecule has 0 aliphatic carbocycles. The van der Waals surface area contributed by atoms with Crippen molar-refractivity contribution in [3.05, 3.63) is 65.4 Å². The number of rotatable bonds is 3. The second-order valence-electron chi connectivity index (χ2n) is 6.17. The molecular formula is C18H15F3N2O3S. The highest BCUT2D eigenvalue weighted by Gasteiger charge is 2.30. The molecular weight excluding hydrogens is 381 g/mol. The Balaban J connectivity index is 2.09. The van der Waals surface area contributed by atoms with Crippen LogP contribution in [0.15, 0.2) is 48.7 Å². The lowest BCUT2D eigenvalue weighted by Crippen LogP contribution is -2.29. The minimum absolute atomic E-state index is 0.137. The van der Waals surface area contributed by atoms with Gasteiger partial charge in [-0.05, 0) is 48.9 Å². The van der Waals surface area contributed by atoms with E-state index >= 15 is 0 Å². The van der Waals surface area contributed by atoms with E-state index in [0.717, 1.165) is 24.0 Å². The third-order valence-corrected chi connectivity index (χ3v) is 4.55. The molecule has 0 aliphatic heterocycles. The van der Waals surface area contributed by atoms with Gasteiger partial charge < -0.3 is 4.57 Å². The Hall–Kier alpha value is -2.81. The van der Waals surface area contributed by atoms with Crippen LogP contribution in [0.4, 0.5) is 13.2 Å². The molecule has 1 heterocycles. The molecule has 142 valence electrons. The fourth-order valence-electron chi connectivity index (χ4n) is 2.81. The van der Waals surface area contributed by atoms with Crippen LogP contribution in [0.2, 0.25) is 0 Å². The molecule has 0 atom stereocenters. The van der Waals surface area contributed by atoms with Crippen molar-refractivity contribution in [1.29, 1.82) is 0 Å². The summed E-state index contributed by atoms with van der Waals surface area (Å²) in [5.41, 5.74) is 1.04. The summed E-state index contributed by atoms with van der Waals surface area (Å²) in [4.78, 5) is 12.0. The number of amides is 1. The number of benzene rings is 2. The van der Waals surface area contributed by atoms with Gasteiger partial charge >= 0.3 is 6.18 Å². The lowest BCUT2D eigenvalue weighted by molar-refractivity contribution is -0.137. The second kappa shape index (κ2) is 6.41. The van der Waals surface area contributed by atoms with Crippen LogP contribution in [-0.4, -0.2) is 25.1 Å². The van der Waals surface area contributed by atoms with Crippen LogP contribution in [0, 0.1) is 6.92 Å². The van der Waals surface area contributed by atoms with Crippen molar-refractivity contribution in [2.24, 2.45) is 0 Å². The summed E-state index contributed by atoms with van der Waals surface area (Å²) in [6.07, 6.45) is -1.91. The minimum Gasteiger partial charge on any atom is -0.316 e. The number of fused-ring (bicyclic) bond motifs is 1. The van der Waals surface area contributed by atoms with E-state index in [1.54, 1.807) is 29.8 Å². The summed E-state index contributed by atoms with van der Waals surface area (Å²) in [5, 5.41) is 0.633. The summed E-state index contributed by atoms with van der Waals surface area (Å²) in [7, 11) is -3.70. The van der Waals surface area contributed by atoms with E-state index in [-0.39, 0.29) is 5.56 Å². The molecule has 3 aromatic rings. The van der Waals surface area contributed by atoms with Gasteiger partial charge in [0.2, 0.25) is 10.0 Å². The van der Waals surface area contributed by atoms with E-state index in [2.05, 4.69) is 0 Å². The highest BCUT2D eigenvalue weighted by atomic mass is 32.2. The van der Waals surface area contributed by atoms with E-state index in [1.165, 1.54) is 18.2 Å². The Labute approximate surface area is 153 Å². The zero-order chi connectivity index (χ0) is 20.0. The highest BCUT2D eigenvalue weighted by Crippen LogP contribution is 2.32. The summed E-state index contributed by atoms with van der Waals surface area (Å²) in [5.74, 6) is -0.773. The van der Waals surface area contributed by atoms with Crippen molar-refractivity contribution in [3.63, 3.8) is 0 Å². The van der Waals surface area contributed by atoms with Crippen molar-refractivity contribution in [2.75, 3.05) is 6.26 Å². The standard InChI is InChI=1S/C18H15F3N2O3S/c1-11-10-23(14-5-3-4-13(9-14)18(19,20)21)16-7-6-12(8-15(11)16)17(24)22-27(2,25)26/h3-10H,1-2H3,(H,22,24). The molecule has 0 spiro atoms. The van der Waals surface area contributed by atoms with Crippen LogP contribution >= 0.6 is 0 Å². The molecule has 3 rings (SSSR count). The van der Waals surface area contributed by atoms with Gasteiger partial charge in [0, 0.05) is 22.8 Å². The molecule has 0 saturated carbocycles. The molecule has 0 unspecified atom stereocenters. The van der Waals surface area contributed by atoms with Gasteiger partial charge in [0.15, 0.2) is 0 Å². The lowest BCUT2D eigenvalue weighted by Gasteiger charge is -2.11. The summed E-state index contributed by atoms with van der Waals surface area (Å²) in [6, 6.07) is 9.42. The number of carbonyl (C=O) groups excluding carboxylic acids is 1. The number of hydrogen-bond donors (Lipinski definition) is 1. The largest absolute Gasteiger partial charge is 0.416 e. The van der Waals surface area contributed by atoms with Crippen LogP contribution in [0.3, 0.4) is 0 Å². The first-order chi connectivity index (χ1) is 12.5. The number of aromatic nitrogens is 1. The van der Waals surface area contributed by atoms with Gasteiger partial charge in [0.25, 0.3) is 5.91 Å². The monoisotopic (exact) mass is 396 g/mol. The Morgan fingerprint density at radius 1 is 1.11 bits per heavy atom. The van der Waals surface area contributed by atoms with Gasteiger partial charge in [0.05, 0.1) is 17.3 Å². The van der Waals surface area contributed by atoms with Gasteiger partial charge in [-0.1, -0.05) is 6.07 Å². The Morgan fingerprint density at radius 2 is 1.81 bits per heavy atom. The first kappa shape index (κ1) is 19.0. The second-order valence-corrected chi connectivity index (χ2v) is 7.91. The van der Waals surface area contributed by atoms with E-state index < -0.39 is 27.7 Å². The van der Waals surface area contributed by atoms with Crippen molar-refractivity contribution >= 4 is 26.8 Å². The molecule has 5 nitrogen and oxygen atoms in total. The van der Waals surface area contributed by atoms with Crippen LogP contribution < -0.4 is 4.72 Å². The molecule has 0 fully saturated rings. The fourth-order valence-corrected chi connectivity index (χ4v) is 3.26. The van der Waals surface area contributed by atoms with Crippen molar-refractivity contribution in [2.45, 2.75) is 13.1 Å². The Kier molecular flexibility index (Phi) is 4.51. The average Bonchev–Trinajstić information content (AvgIpc) is 2.89. The predicted molar refractivity (Wildman–Crippen MR) is 95.3 cm³/mol. The van der Waals surface area contributed by atoms with Gasteiger partial charge in [-0.3, -0.25) is 4.79 Å². The first-order valence-electron chi connectivity index (χ1n) is 7.77. The molecule has 2 aromatic carbocycles. The predicted octanol–water partition coefficient (Wildman–Crippen LogP) is 3.65. The number of alkyl halides is 3. The van der Waals surface area contributed by atoms with Crippen molar-refractivity contribution < 1.29 is 26.4 Å². The maximum absolute atomic E-state index is 13.0. The topological polar surface area (TPSA) is 68.2 Å². The molecule has 27 heavy (non-hydrogen) atoms. The van der Waals surface area contributed by atoms with Gasteiger partial charge in [-0.2, -0.15) is 13.2 Å². The zero-order valence-electron chi connectivity index (χ0n) is 14.3. The maximum atomic E-state index is 13.0. The third-order valence-electron chi connectivity index (χ3n) is 4.00. The number of nitrogens with one attached hydrogen (secondary N) is 1. The molecule has 0 saturated heterocycles. The van der Waals surface area contributed by atoms with Crippen molar-refractivity contribution in [1.82, 2.24) is 9.29 Å². The molecule has 0 bridgehead atoms. The van der Waals surface area contributed by atoms with Gasteiger partial charge in [0.1, 0.15) is 0 Å². The van der Waals surface area contributed by atoms with E-state index in [1.807, 2.05) is 4.72 Å². The quantitative estimate of drug-likeness (QED) is 0.735. The summed E-state index contributed by atoms with van der Waals surface area (Å²) >= 11 is 0. The van der Waals surface area contributed by atoms with Crippen molar-refractivity contribution in [3.8, 4) is 5.69 Å². The zero-order valence-corrected chi connectivity index (χ0v) is 15.1. The number of nitrogens with zero attached hydrogens (tertiary/aromatic N) is 1. The maximum Gasteiger partial charge on any atom is 0.416 e. The van der Waals surface area contributed by atoms with Crippen LogP contribution in [0.25, 0.3) is 16.6 Å². The molecule has 0 radical (unpaired) electrons. The third kappa shape index (κ3) is 3.97. The van der Waals surface area contributed by atoms with Crippen LogP contribution in [0.5, 0.6) is 0 Å².